The first-order valence-corrected chi connectivity index (χ1v) is 3.55. The number of rotatable bonds is 2. The van der Waals surface area contributed by atoms with Crippen molar-refractivity contribution < 1.29 is 8.42 Å². The maximum atomic E-state index is 10.0. The summed E-state index contributed by atoms with van der Waals surface area (Å²) in [5.41, 5.74) is 0. The van der Waals surface area contributed by atoms with Gasteiger partial charge in [-0.25, -0.2) is 8.42 Å². The van der Waals surface area contributed by atoms with Gasteiger partial charge in [-0.1, -0.05) is 6.08 Å². The molecule has 0 amide bonds. The van der Waals surface area contributed by atoms with Gasteiger partial charge in [-0.2, -0.15) is 0 Å². The van der Waals surface area contributed by atoms with Gasteiger partial charge in [0, 0.05) is 0 Å². The minimum atomic E-state index is -3.04. The molecule has 0 bridgehead atoms. The van der Waals surface area contributed by atoms with Crippen molar-refractivity contribution in [1.82, 2.24) is 0 Å². The Bertz CT molecular complexity index is 143. The summed E-state index contributed by atoms with van der Waals surface area (Å²) in [7, 11) is -3.04. The Balaban J connectivity index is 3.84. The molecule has 0 fully saturated rings. The first-order chi connectivity index (χ1) is 3.06. The van der Waals surface area contributed by atoms with E-state index < -0.39 is 9.84 Å². The van der Waals surface area contributed by atoms with Crippen molar-refractivity contribution in [1.29, 1.82) is 0 Å². The summed E-state index contributed by atoms with van der Waals surface area (Å²) in [5.74, 6) is -0.0347. The van der Waals surface area contributed by atoms with Gasteiger partial charge in [0.2, 0.25) is 0 Å². The van der Waals surface area contributed by atoms with Crippen LogP contribution in [-0.4, -0.2) is 14.2 Å². The largest absolute Gasteiger partial charge is 0.228 e. The average molecular weight is 119 g/mol. The quantitative estimate of drug-likeness (QED) is 0.492. The molecule has 0 heterocycles. The summed E-state index contributed by atoms with van der Waals surface area (Å²) in [4.78, 5) is 0. The first-order valence-electron chi connectivity index (χ1n) is 1.73. The molecule has 3 heteroatoms. The van der Waals surface area contributed by atoms with Gasteiger partial charge >= 0.3 is 0 Å². The molecule has 2 nitrogen and oxygen atoms in total. The van der Waals surface area contributed by atoms with Crippen LogP contribution in [0, 0.1) is 6.26 Å². The zero-order chi connectivity index (χ0) is 5.91. The van der Waals surface area contributed by atoms with Crippen LogP contribution in [0.4, 0.5) is 0 Å². The Labute approximate surface area is 43.8 Å². The highest BCUT2D eigenvalue weighted by molar-refractivity contribution is 7.92. The molecule has 41 valence electrons. The predicted molar refractivity (Wildman–Crippen MR) is 29.3 cm³/mol. The molecule has 0 aromatic rings. The average Bonchev–Trinajstić information content (AvgIpc) is 1.30. The van der Waals surface area contributed by atoms with Crippen molar-refractivity contribution in [2.75, 3.05) is 5.75 Å². The maximum absolute atomic E-state index is 10.0. The van der Waals surface area contributed by atoms with Crippen LogP contribution in [0.1, 0.15) is 0 Å². The second-order valence-electron chi connectivity index (χ2n) is 1.20. The van der Waals surface area contributed by atoms with Crippen LogP contribution in [0.5, 0.6) is 0 Å². The molecular formula is C4H7O2S. The summed E-state index contributed by atoms with van der Waals surface area (Å²) in [6.45, 7) is 3.23. The molecule has 0 unspecified atom stereocenters. The third-order valence-corrected chi connectivity index (χ3v) is 1.12. The van der Waals surface area contributed by atoms with Gasteiger partial charge in [-0.15, -0.1) is 6.58 Å². The topological polar surface area (TPSA) is 34.1 Å². The summed E-state index contributed by atoms with van der Waals surface area (Å²) < 4.78 is 20.1. The molecule has 0 saturated heterocycles. The van der Waals surface area contributed by atoms with Crippen LogP contribution in [0.15, 0.2) is 12.7 Å². The van der Waals surface area contributed by atoms with E-state index in [0.717, 1.165) is 0 Å². The van der Waals surface area contributed by atoms with Crippen molar-refractivity contribution in [2.45, 2.75) is 0 Å². The van der Waals surface area contributed by atoms with Gasteiger partial charge < -0.3 is 0 Å². The van der Waals surface area contributed by atoms with Crippen molar-refractivity contribution in [3.8, 4) is 0 Å². The van der Waals surface area contributed by atoms with E-state index in [4.69, 9.17) is 0 Å². The molecule has 7 heavy (non-hydrogen) atoms. The third-order valence-electron chi connectivity index (χ3n) is 0.372. The maximum Gasteiger partial charge on any atom is 0.154 e. The van der Waals surface area contributed by atoms with Crippen molar-refractivity contribution in [3.63, 3.8) is 0 Å². The lowest BCUT2D eigenvalue weighted by Crippen LogP contribution is -1.94. The zero-order valence-electron chi connectivity index (χ0n) is 3.92. The lowest BCUT2D eigenvalue weighted by atomic mass is 10.8. The Hall–Kier alpha value is -0.310. The molecule has 0 atom stereocenters. The van der Waals surface area contributed by atoms with Gasteiger partial charge in [-0.3, -0.25) is 0 Å². The molecule has 0 aromatic carbocycles. The summed E-state index contributed by atoms with van der Waals surface area (Å²) >= 11 is 0. The SMILES string of the molecule is [CH2]S(=O)(=O)CC=C. The number of hydrogen-bond acceptors (Lipinski definition) is 2. The molecule has 0 rings (SSSR count). The van der Waals surface area contributed by atoms with Gasteiger partial charge in [0.15, 0.2) is 9.84 Å². The minimum absolute atomic E-state index is 0.0347. The summed E-state index contributed by atoms with van der Waals surface area (Å²) in [5, 5.41) is 0. The molecule has 0 spiro atoms. The smallest absolute Gasteiger partial charge is 0.154 e. The lowest BCUT2D eigenvalue weighted by molar-refractivity contribution is 0.607. The van der Waals surface area contributed by atoms with E-state index in [2.05, 4.69) is 12.8 Å². The fourth-order valence-corrected chi connectivity index (χ4v) is 0.539. The molecule has 0 saturated carbocycles. The van der Waals surface area contributed by atoms with E-state index in [0.29, 0.717) is 0 Å². The van der Waals surface area contributed by atoms with Crippen molar-refractivity contribution in [3.05, 3.63) is 18.9 Å². The predicted octanol–water partition coefficient (Wildman–Crippen LogP) is 0.379. The first kappa shape index (κ1) is 6.69. The molecule has 0 aliphatic rings. The van der Waals surface area contributed by atoms with Crippen LogP contribution in [0.25, 0.3) is 0 Å². The third kappa shape index (κ3) is 5.69. The monoisotopic (exact) mass is 119 g/mol. The Morgan fingerprint density at radius 2 is 2.00 bits per heavy atom. The second-order valence-corrected chi connectivity index (χ2v) is 3.02. The van der Waals surface area contributed by atoms with E-state index in [1.165, 1.54) is 6.08 Å². The fourth-order valence-electron chi connectivity index (χ4n) is 0.180. The van der Waals surface area contributed by atoms with Crippen LogP contribution in [0.2, 0.25) is 0 Å². The van der Waals surface area contributed by atoms with E-state index in [1.54, 1.807) is 0 Å². The molecular weight excluding hydrogens is 112 g/mol. The van der Waals surface area contributed by atoms with E-state index in [-0.39, 0.29) is 5.75 Å². The summed E-state index contributed by atoms with van der Waals surface area (Å²) in [6.07, 6.45) is 4.17. The van der Waals surface area contributed by atoms with E-state index in [1.807, 2.05) is 0 Å². The second kappa shape index (κ2) is 2.12. The molecule has 1 radical (unpaired) electrons. The van der Waals surface area contributed by atoms with Gasteiger partial charge in [0.25, 0.3) is 0 Å². The highest BCUT2D eigenvalue weighted by atomic mass is 32.2. The minimum Gasteiger partial charge on any atom is -0.228 e. The van der Waals surface area contributed by atoms with Gasteiger partial charge in [0.05, 0.1) is 12.0 Å². The molecule has 0 aromatic heterocycles. The van der Waals surface area contributed by atoms with Crippen LogP contribution in [-0.2, 0) is 9.84 Å². The van der Waals surface area contributed by atoms with Gasteiger partial charge in [-0.05, 0) is 0 Å². The van der Waals surface area contributed by atoms with Crippen LogP contribution >= 0.6 is 0 Å². The molecule has 0 aliphatic heterocycles. The standard InChI is InChI=1S/C4H7O2S/c1-3-4-7(2,5)6/h3H,1-2,4H2. The van der Waals surface area contributed by atoms with Crippen LogP contribution in [0.3, 0.4) is 0 Å². The molecule has 0 aliphatic carbocycles. The van der Waals surface area contributed by atoms with E-state index in [9.17, 15) is 8.42 Å². The number of hydrogen-bond donors (Lipinski definition) is 0. The Morgan fingerprint density at radius 1 is 1.57 bits per heavy atom. The summed E-state index contributed by atoms with van der Waals surface area (Å²) in [6, 6.07) is 0. The van der Waals surface area contributed by atoms with Crippen molar-refractivity contribution in [2.24, 2.45) is 0 Å². The fraction of sp³-hybridized carbons (Fsp3) is 0.250. The van der Waals surface area contributed by atoms with Crippen molar-refractivity contribution >= 4 is 9.84 Å². The van der Waals surface area contributed by atoms with E-state index >= 15 is 0 Å². The zero-order valence-corrected chi connectivity index (χ0v) is 4.74. The normalized spacial score (nSPS) is 11.0. The number of sulfone groups is 1. The van der Waals surface area contributed by atoms with Crippen LogP contribution < -0.4 is 0 Å². The molecule has 0 N–H and O–H groups in total. The Kier molecular flexibility index (Phi) is 2.02. The lowest BCUT2D eigenvalue weighted by Gasteiger charge is -1.83. The highest BCUT2D eigenvalue weighted by Crippen LogP contribution is 1.82. The Morgan fingerprint density at radius 3 is 2.00 bits per heavy atom. The van der Waals surface area contributed by atoms with Gasteiger partial charge in [0.1, 0.15) is 0 Å². The highest BCUT2D eigenvalue weighted by Gasteiger charge is 1.93.